The number of carbonyl (C=O) groups is 1. The fourth-order valence-corrected chi connectivity index (χ4v) is 3.57. The third kappa shape index (κ3) is 4.25. The molecule has 0 fully saturated rings. The Labute approximate surface area is 164 Å². The van der Waals surface area contributed by atoms with Gasteiger partial charge in [0.1, 0.15) is 0 Å². The van der Waals surface area contributed by atoms with Gasteiger partial charge in [0.2, 0.25) is 11.1 Å². The molecule has 0 aliphatic heterocycles. The lowest BCUT2D eigenvalue weighted by atomic mass is 10.1. The largest absolute Gasteiger partial charge is 0.349 e. The van der Waals surface area contributed by atoms with Crippen molar-refractivity contribution in [2.75, 3.05) is 11.6 Å². The van der Waals surface area contributed by atoms with E-state index in [-0.39, 0.29) is 17.7 Å². The number of rotatable bonds is 6. The van der Waals surface area contributed by atoms with E-state index < -0.39 is 0 Å². The summed E-state index contributed by atoms with van der Waals surface area (Å²) in [5.41, 5.74) is 1.90. The van der Waals surface area contributed by atoms with E-state index in [9.17, 15) is 4.79 Å². The van der Waals surface area contributed by atoms with Gasteiger partial charge in [0.25, 0.3) is 0 Å². The van der Waals surface area contributed by atoms with Gasteiger partial charge in [0, 0.05) is 10.0 Å². The first-order valence-electron chi connectivity index (χ1n) is 7.98. The van der Waals surface area contributed by atoms with E-state index in [2.05, 4.69) is 31.4 Å². The van der Waals surface area contributed by atoms with Gasteiger partial charge < -0.3 is 11.2 Å². The van der Waals surface area contributed by atoms with Crippen LogP contribution in [0.25, 0.3) is 11.4 Å². The summed E-state index contributed by atoms with van der Waals surface area (Å²) in [6.07, 6.45) is 0. The minimum atomic E-state index is -0.0863. The highest BCUT2D eigenvalue weighted by molar-refractivity contribution is 9.10. The number of hydrogen-bond donors (Lipinski definition) is 2. The highest BCUT2D eigenvalue weighted by Crippen LogP contribution is 2.27. The van der Waals surface area contributed by atoms with Crippen molar-refractivity contribution in [3.63, 3.8) is 0 Å². The van der Waals surface area contributed by atoms with Crippen LogP contribution in [0.5, 0.6) is 0 Å². The van der Waals surface area contributed by atoms with Crippen LogP contribution >= 0.6 is 27.7 Å². The van der Waals surface area contributed by atoms with E-state index >= 15 is 0 Å². The number of nitrogens with zero attached hydrogens (tertiary/aromatic N) is 3. The summed E-state index contributed by atoms with van der Waals surface area (Å²) < 4.78 is 2.28. The zero-order valence-electron chi connectivity index (χ0n) is 14.1. The maximum atomic E-state index is 12.2. The van der Waals surface area contributed by atoms with E-state index in [1.54, 1.807) is 0 Å². The quantitative estimate of drug-likeness (QED) is 0.461. The molecular formula is C18H18BrN5OS. The lowest BCUT2D eigenvalue weighted by Crippen LogP contribution is -2.28. The maximum Gasteiger partial charge on any atom is 0.230 e. The van der Waals surface area contributed by atoms with Gasteiger partial charge in [0.15, 0.2) is 5.82 Å². The van der Waals surface area contributed by atoms with E-state index in [4.69, 9.17) is 5.84 Å². The van der Waals surface area contributed by atoms with Crippen LogP contribution < -0.4 is 11.2 Å². The molecule has 8 heteroatoms. The standard InChI is InChI=1S/C18H18BrN5OS/c1-12(13-7-3-2-4-8-13)21-16(25)11-26-18-23-22-17(24(18)20)14-9-5-6-10-15(14)19/h2-10,12H,11,20H2,1H3,(H,21,25). The predicted molar refractivity (Wildman–Crippen MR) is 107 cm³/mol. The number of carbonyl (C=O) groups excluding carboxylic acids is 1. The molecular weight excluding hydrogens is 414 g/mol. The molecule has 0 radical (unpaired) electrons. The summed E-state index contributed by atoms with van der Waals surface area (Å²) in [4.78, 5) is 12.2. The lowest BCUT2D eigenvalue weighted by molar-refractivity contribution is -0.119. The minimum absolute atomic E-state index is 0.0594. The Bertz CT molecular complexity index is 900. The fourth-order valence-electron chi connectivity index (χ4n) is 2.44. The number of nitrogens with two attached hydrogens (primary N) is 1. The second kappa shape index (κ2) is 8.37. The van der Waals surface area contributed by atoms with Crippen molar-refractivity contribution < 1.29 is 4.79 Å². The molecule has 2 aromatic carbocycles. The molecule has 1 unspecified atom stereocenters. The van der Waals surface area contributed by atoms with Crippen LogP contribution in [0.15, 0.2) is 64.2 Å². The Morgan fingerprint density at radius 1 is 1.19 bits per heavy atom. The summed E-state index contributed by atoms with van der Waals surface area (Å²) in [7, 11) is 0. The molecule has 0 saturated carbocycles. The van der Waals surface area contributed by atoms with Gasteiger partial charge in [0.05, 0.1) is 11.8 Å². The molecule has 0 spiro atoms. The van der Waals surface area contributed by atoms with Crippen LogP contribution in [0.3, 0.4) is 0 Å². The van der Waals surface area contributed by atoms with Gasteiger partial charge in [-0.1, -0.05) is 70.2 Å². The molecule has 1 heterocycles. The normalized spacial score (nSPS) is 11.9. The third-order valence-corrected chi connectivity index (χ3v) is 5.42. The summed E-state index contributed by atoms with van der Waals surface area (Å²) in [6, 6.07) is 17.4. The van der Waals surface area contributed by atoms with Gasteiger partial charge in [-0.25, -0.2) is 4.68 Å². The van der Waals surface area contributed by atoms with Crippen LogP contribution in [-0.4, -0.2) is 26.5 Å². The molecule has 0 aliphatic carbocycles. The summed E-state index contributed by atoms with van der Waals surface area (Å²) >= 11 is 4.73. The number of amides is 1. The van der Waals surface area contributed by atoms with Gasteiger partial charge in [-0.3, -0.25) is 4.79 Å². The van der Waals surface area contributed by atoms with Gasteiger partial charge in [-0.2, -0.15) is 0 Å². The van der Waals surface area contributed by atoms with Crippen molar-refractivity contribution in [2.24, 2.45) is 0 Å². The van der Waals surface area contributed by atoms with Crippen LogP contribution in [0, 0.1) is 0 Å². The van der Waals surface area contributed by atoms with E-state index in [0.717, 1.165) is 15.6 Å². The van der Waals surface area contributed by atoms with Crippen molar-refractivity contribution in [3.05, 3.63) is 64.6 Å². The Morgan fingerprint density at radius 3 is 2.62 bits per heavy atom. The van der Waals surface area contributed by atoms with E-state index in [1.807, 2.05) is 61.5 Å². The van der Waals surface area contributed by atoms with Crippen molar-refractivity contribution in [3.8, 4) is 11.4 Å². The minimum Gasteiger partial charge on any atom is -0.349 e. The number of thioether (sulfide) groups is 1. The number of nitrogens with one attached hydrogen (secondary N) is 1. The average molecular weight is 432 g/mol. The summed E-state index contributed by atoms with van der Waals surface area (Å²) in [5, 5.41) is 11.7. The SMILES string of the molecule is CC(NC(=O)CSc1nnc(-c2ccccc2Br)n1N)c1ccccc1. The molecule has 3 rings (SSSR count). The Kier molecular flexibility index (Phi) is 5.95. The molecule has 0 bridgehead atoms. The second-order valence-electron chi connectivity index (χ2n) is 5.64. The van der Waals surface area contributed by atoms with Crippen LogP contribution in [0.1, 0.15) is 18.5 Å². The van der Waals surface area contributed by atoms with Gasteiger partial charge in [-0.05, 0) is 24.6 Å². The number of aromatic nitrogens is 3. The van der Waals surface area contributed by atoms with Crippen molar-refractivity contribution in [1.29, 1.82) is 0 Å². The molecule has 6 nitrogen and oxygen atoms in total. The van der Waals surface area contributed by atoms with Crippen molar-refractivity contribution in [2.45, 2.75) is 18.1 Å². The molecule has 0 aliphatic rings. The first kappa shape index (κ1) is 18.5. The van der Waals surface area contributed by atoms with Crippen LogP contribution in [0.4, 0.5) is 0 Å². The summed E-state index contributed by atoms with van der Waals surface area (Å²) in [5.74, 6) is 6.77. The number of benzene rings is 2. The predicted octanol–water partition coefficient (Wildman–Crippen LogP) is 3.39. The molecule has 1 amide bonds. The Morgan fingerprint density at radius 2 is 1.88 bits per heavy atom. The van der Waals surface area contributed by atoms with Gasteiger partial charge >= 0.3 is 0 Å². The number of halogens is 1. The fraction of sp³-hybridized carbons (Fsp3) is 0.167. The summed E-state index contributed by atoms with van der Waals surface area (Å²) in [6.45, 7) is 1.95. The topological polar surface area (TPSA) is 85.8 Å². The molecule has 0 saturated heterocycles. The monoisotopic (exact) mass is 431 g/mol. The average Bonchev–Trinajstić information content (AvgIpc) is 3.01. The Hall–Kier alpha value is -2.32. The van der Waals surface area contributed by atoms with Crippen LogP contribution in [-0.2, 0) is 4.79 Å². The molecule has 3 N–H and O–H groups in total. The highest BCUT2D eigenvalue weighted by atomic mass is 79.9. The van der Waals surface area contributed by atoms with Crippen LogP contribution in [0.2, 0.25) is 0 Å². The smallest absolute Gasteiger partial charge is 0.230 e. The molecule has 1 atom stereocenters. The molecule has 1 aromatic heterocycles. The van der Waals surface area contributed by atoms with E-state index in [1.165, 1.54) is 16.4 Å². The Balaban J connectivity index is 1.62. The van der Waals surface area contributed by atoms with Crippen molar-refractivity contribution >= 4 is 33.6 Å². The first-order chi connectivity index (χ1) is 12.6. The molecule has 134 valence electrons. The number of hydrogen-bond acceptors (Lipinski definition) is 5. The first-order valence-corrected chi connectivity index (χ1v) is 9.76. The maximum absolute atomic E-state index is 12.2. The lowest BCUT2D eigenvalue weighted by Gasteiger charge is -2.13. The molecule has 3 aromatic rings. The van der Waals surface area contributed by atoms with Gasteiger partial charge in [-0.15, -0.1) is 10.2 Å². The van der Waals surface area contributed by atoms with Crippen molar-refractivity contribution in [1.82, 2.24) is 20.2 Å². The highest BCUT2D eigenvalue weighted by Gasteiger charge is 2.16. The molecule has 26 heavy (non-hydrogen) atoms. The second-order valence-corrected chi connectivity index (χ2v) is 7.44. The zero-order chi connectivity index (χ0) is 18.5. The third-order valence-electron chi connectivity index (χ3n) is 3.79. The number of nitrogen functional groups attached to an aromatic ring is 1. The zero-order valence-corrected chi connectivity index (χ0v) is 16.5. The van der Waals surface area contributed by atoms with E-state index in [0.29, 0.717) is 11.0 Å².